The molecule has 0 aliphatic carbocycles. The quantitative estimate of drug-likeness (QED) is 0.430. The summed E-state index contributed by atoms with van der Waals surface area (Å²) < 4.78 is 32.1. The Kier molecular flexibility index (Phi) is 4.45. The van der Waals surface area contributed by atoms with Crippen molar-refractivity contribution in [2.75, 3.05) is 5.73 Å². The molecule has 1 heterocycles. The molecule has 0 aliphatic rings. The second-order valence-corrected chi connectivity index (χ2v) is 6.39. The maximum atomic E-state index is 12.0. The molecule has 2 rings (SSSR count). The summed E-state index contributed by atoms with van der Waals surface area (Å²) >= 11 is 5.74. The number of anilines is 1. The van der Waals surface area contributed by atoms with Crippen LogP contribution in [0.3, 0.4) is 0 Å². The molecule has 0 saturated carbocycles. The molecule has 0 amide bonds. The molecule has 2 aromatic rings. The Labute approximate surface area is 135 Å². The van der Waals surface area contributed by atoms with Gasteiger partial charge in [0.05, 0.1) is 10.6 Å². The van der Waals surface area contributed by atoms with Crippen molar-refractivity contribution >= 4 is 33.3 Å². The van der Waals surface area contributed by atoms with Crippen molar-refractivity contribution in [3.63, 3.8) is 0 Å². The number of ether oxygens (including phenoxy) is 1. The monoisotopic (exact) mass is 362 g/mol. The molecule has 0 fully saturated rings. The molecule has 10 nitrogen and oxygen atoms in total. The average Bonchev–Trinajstić information content (AvgIpc) is 2.75. The topological polar surface area (TPSA) is 165 Å². The van der Waals surface area contributed by atoms with Gasteiger partial charge in [0.25, 0.3) is 5.69 Å². The normalized spacial score (nSPS) is 11.4. The molecule has 12 heteroatoms. The molecule has 0 atom stereocenters. The first-order valence-corrected chi connectivity index (χ1v) is 7.88. The van der Waals surface area contributed by atoms with Crippen LogP contribution in [0.1, 0.15) is 21.7 Å². The van der Waals surface area contributed by atoms with Crippen LogP contribution in [0.5, 0.6) is 0 Å². The highest BCUT2D eigenvalue weighted by Gasteiger charge is 2.22. The Morgan fingerprint density at radius 2 is 2.17 bits per heavy atom. The van der Waals surface area contributed by atoms with Crippen molar-refractivity contribution in [1.82, 2.24) is 5.16 Å². The SMILES string of the molecule is Cc1c(COC(=O)c2cc(S(N)(=O)=O)c(Cl)cc2N)no[n+]1[O-]. The zero-order valence-electron chi connectivity index (χ0n) is 11.6. The number of carbonyl (C=O) groups excluding carboxylic acids is 1. The number of aromatic nitrogens is 2. The number of hydrogen-bond donors (Lipinski definition) is 2. The molecule has 0 spiro atoms. The first kappa shape index (κ1) is 17.0. The zero-order valence-corrected chi connectivity index (χ0v) is 13.2. The summed E-state index contributed by atoms with van der Waals surface area (Å²) in [7, 11) is -4.14. The van der Waals surface area contributed by atoms with Gasteiger partial charge in [0.2, 0.25) is 10.0 Å². The predicted octanol–water partition coefficient (Wildman–Crippen LogP) is -0.144. The highest BCUT2D eigenvalue weighted by Crippen LogP contribution is 2.27. The van der Waals surface area contributed by atoms with Crippen LogP contribution in [0, 0.1) is 12.1 Å². The number of hydrogen-bond acceptors (Lipinski definition) is 8. The van der Waals surface area contributed by atoms with Gasteiger partial charge in [-0.15, -0.1) is 0 Å². The van der Waals surface area contributed by atoms with E-state index in [-0.39, 0.29) is 39.2 Å². The summed E-state index contributed by atoms with van der Waals surface area (Å²) in [5, 5.41) is 19.2. The minimum absolute atomic E-state index is 0.0943. The fourth-order valence-electron chi connectivity index (χ4n) is 1.63. The molecular weight excluding hydrogens is 352 g/mol. The third-order valence-electron chi connectivity index (χ3n) is 2.89. The summed E-state index contributed by atoms with van der Waals surface area (Å²) in [6, 6.07) is 1.99. The number of benzene rings is 1. The van der Waals surface area contributed by atoms with Crippen LogP contribution in [-0.4, -0.2) is 19.5 Å². The van der Waals surface area contributed by atoms with Gasteiger partial charge in [0, 0.05) is 17.8 Å². The van der Waals surface area contributed by atoms with E-state index in [2.05, 4.69) is 9.79 Å². The lowest BCUT2D eigenvalue weighted by Crippen LogP contribution is -2.26. The number of rotatable bonds is 4. The first-order valence-electron chi connectivity index (χ1n) is 5.95. The minimum Gasteiger partial charge on any atom is -0.453 e. The molecule has 0 unspecified atom stereocenters. The molecule has 0 saturated heterocycles. The van der Waals surface area contributed by atoms with E-state index >= 15 is 0 Å². The van der Waals surface area contributed by atoms with Gasteiger partial charge in [-0.1, -0.05) is 11.6 Å². The zero-order chi connectivity index (χ0) is 17.4. The predicted molar refractivity (Wildman–Crippen MR) is 76.6 cm³/mol. The molecule has 124 valence electrons. The van der Waals surface area contributed by atoms with E-state index in [0.717, 1.165) is 12.1 Å². The Balaban J connectivity index is 2.27. The number of nitrogens with zero attached hydrogens (tertiary/aromatic N) is 2. The highest BCUT2D eigenvalue weighted by molar-refractivity contribution is 7.89. The molecule has 1 aromatic carbocycles. The number of nitrogens with two attached hydrogens (primary N) is 2. The molecule has 0 bridgehead atoms. The first-order chi connectivity index (χ1) is 10.6. The standard InChI is InChI=1S/C11H11ClN4O6S/c1-5-9(15-22-16(5)18)4-21-11(17)6-2-10(23(14,19)20)7(12)3-8(6)13/h2-3H,4,13H2,1H3,(H2,14,19,20). The Morgan fingerprint density at radius 3 is 2.70 bits per heavy atom. The van der Waals surface area contributed by atoms with Crippen molar-refractivity contribution in [3.05, 3.63) is 39.3 Å². The average molecular weight is 363 g/mol. The van der Waals surface area contributed by atoms with Gasteiger partial charge in [-0.2, -0.15) is 0 Å². The van der Waals surface area contributed by atoms with E-state index in [1.54, 1.807) is 0 Å². The lowest BCUT2D eigenvalue weighted by atomic mass is 10.2. The van der Waals surface area contributed by atoms with E-state index in [1.165, 1.54) is 6.92 Å². The van der Waals surface area contributed by atoms with E-state index in [9.17, 15) is 18.4 Å². The highest BCUT2D eigenvalue weighted by atomic mass is 35.5. The van der Waals surface area contributed by atoms with Crippen molar-refractivity contribution in [2.45, 2.75) is 18.4 Å². The third kappa shape index (κ3) is 3.52. The summed E-state index contributed by atoms with van der Waals surface area (Å²) in [4.78, 5) is 11.7. The van der Waals surface area contributed by atoms with E-state index in [0.29, 0.717) is 0 Å². The van der Waals surface area contributed by atoms with Crippen LogP contribution in [0.4, 0.5) is 5.69 Å². The number of halogens is 1. The largest absolute Gasteiger partial charge is 0.453 e. The van der Waals surface area contributed by atoms with E-state index in [4.69, 9.17) is 27.2 Å². The summed E-state index contributed by atoms with van der Waals surface area (Å²) in [5.74, 6) is -0.941. The minimum atomic E-state index is -4.14. The van der Waals surface area contributed by atoms with Crippen molar-refractivity contribution < 1.29 is 27.5 Å². The second-order valence-electron chi connectivity index (χ2n) is 4.45. The fourth-order valence-corrected chi connectivity index (χ4v) is 2.73. The van der Waals surface area contributed by atoms with Crippen LogP contribution < -0.4 is 15.8 Å². The smallest absolute Gasteiger partial charge is 0.340 e. The van der Waals surface area contributed by atoms with Gasteiger partial charge in [0.15, 0.2) is 12.3 Å². The maximum Gasteiger partial charge on any atom is 0.340 e. The maximum absolute atomic E-state index is 12.0. The summed E-state index contributed by atoms with van der Waals surface area (Å²) in [6.45, 7) is 1.05. The van der Waals surface area contributed by atoms with Crippen molar-refractivity contribution in [3.8, 4) is 0 Å². The van der Waals surface area contributed by atoms with Gasteiger partial charge < -0.3 is 15.7 Å². The molecule has 0 aliphatic heterocycles. The molecule has 23 heavy (non-hydrogen) atoms. The number of primary sulfonamides is 1. The van der Waals surface area contributed by atoms with Crippen LogP contribution in [-0.2, 0) is 21.4 Å². The molecule has 4 N–H and O–H groups in total. The Morgan fingerprint density at radius 1 is 1.52 bits per heavy atom. The van der Waals surface area contributed by atoms with Crippen LogP contribution in [0.2, 0.25) is 5.02 Å². The number of carbonyl (C=O) groups is 1. The lowest BCUT2D eigenvalue weighted by molar-refractivity contribution is -0.806. The van der Waals surface area contributed by atoms with Gasteiger partial charge in [-0.25, -0.2) is 18.4 Å². The molecular formula is C11H11ClN4O6S. The van der Waals surface area contributed by atoms with E-state index in [1.807, 2.05) is 0 Å². The van der Waals surface area contributed by atoms with Crippen LogP contribution in [0.15, 0.2) is 21.7 Å². The number of esters is 1. The summed E-state index contributed by atoms with van der Waals surface area (Å²) in [6.07, 6.45) is 0. The second kappa shape index (κ2) is 6.02. The van der Waals surface area contributed by atoms with Crippen LogP contribution >= 0.6 is 11.6 Å². The molecule has 1 aromatic heterocycles. The van der Waals surface area contributed by atoms with Gasteiger partial charge in [-0.3, -0.25) is 4.63 Å². The fraction of sp³-hybridized carbons (Fsp3) is 0.182. The lowest BCUT2D eigenvalue weighted by Gasteiger charge is -2.09. The molecule has 0 radical (unpaired) electrons. The van der Waals surface area contributed by atoms with Crippen molar-refractivity contribution in [1.29, 1.82) is 0 Å². The van der Waals surface area contributed by atoms with E-state index < -0.39 is 20.9 Å². The number of sulfonamides is 1. The summed E-state index contributed by atoms with van der Waals surface area (Å²) in [5.41, 5.74) is 5.51. The van der Waals surface area contributed by atoms with Crippen molar-refractivity contribution in [2.24, 2.45) is 5.14 Å². The van der Waals surface area contributed by atoms with Crippen LogP contribution in [0.25, 0.3) is 0 Å². The number of nitrogen functional groups attached to an aromatic ring is 1. The van der Waals surface area contributed by atoms with Gasteiger partial charge in [0.1, 0.15) is 4.90 Å². The van der Waals surface area contributed by atoms with Gasteiger partial charge >= 0.3 is 5.97 Å². The Hall–Kier alpha value is -2.37. The Bertz CT molecular complexity index is 879. The van der Waals surface area contributed by atoms with Gasteiger partial charge in [-0.05, 0) is 17.0 Å². The third-order valence-corrected chi connectivity index (χ3v) is 4.26.